The van der Waals surface area contributed by atoms with Crippen LogP contribution in [0.2, 0.25) is 0 Å². The van der Waals surface area contributed by atoms with Gasteiger partial charge in [-0.25, -0.2) is 0 Å². The highest BCUT2D eigenvalue weighted by Crippen LogP contribution is 2.00. The summed E-state index contributed by atoms with van der Waals surface area (Å²) in [6.07, 6.45) is 1.58. The van der Waals surface area contributed by atoms with Crippen LogP contribution < -0.4 is 4.68 Å². The SMILES string of the molecule is C=C[n+]1nnn2c(C)cc(C)nc21. The molecule has 0 fully saturated rings. The summed E-state index contributed by atoms with van der Waals surface area (Å²) >= 11 is 0. The summed E-state index contributed by atoms with van der Waals surface area (Å²) in [5.74, 6) is 0.688. The Hall–Kier alpha value is -1.78. The number of aromatic nitrogens is 5. The highest BCUT2D eigenvalue weighted by Gasteiger charge is 2.14. The molecular weight excluding hydrogens is 166 g/mol. The van der Waals surface area contributed by atoms with Crippen LogP contribution in [0.15, 0.2) is 12.6 Å². The first-order chi connectivity index (χ1) is 6.22. The highest BCUT2D eigenvalue weighted by atomic mass is 15.6. The monoisotopic (exact) mass is 176 g/mol. The van der Waals surface area contributed by atoms with Crippen molar-refractivity contribution in [3.05, 3.63) is 24.0 Å². The van der Waals surface area contributed by atoms with Gasteiger partial charge >= 0.3 is 5.78 Å². The van der Waals surface area contributed by atoms with Crippen LogP contribution in [-0.4, -0.2) is 19.9 Å². The van der Waals surface area contributed by atoms with Crippen molar-refractivity contribution in [3.63, 3.8) is 0 Å². The van der Waals surface area contributed by atoms with E-state index in [9.17, 15) is 0 Å². The van der Waals surface area contributed by atoms with Crippen LogP contribution >= 0.6 is 0 Å². The molecule has 0 aliphatic carbocycles. The maximum atomic E-state index is 4.30. The van der Waals surface area contributed by atoms with Crippen molar-refractivity contribution in [3.8, 4) is 0 Å². The van der Waals surface area contributed by atoms with Gasteiger partial charge < -0.3 is 0 Å². The fourth-order valence-corrected chi connectivity index (χ4v) is 1.26. The standard InChI is InChI=1S/C8H10N5/c1-4-12-8-9-6(2)5-7(3)13(8)11-10-12/h4-5H,1H2,2-3H3/q+1. The van der Waals surface area contributed by atoms with Gasteiger partial charge in [0.15, 0.2) is 0 Å². The molecule has 2 aromatic rings. The van der Waals surface area contributed by atoms with Crippen LogP contribution in [0.1, 0.15) is 11.4 Å². The third-order valence-electron chi connectivity index (χ3n) is 1.82. The number of fused-ring (bicyclic) bond motifs is 1. The first-order valence-corrected chi connectivity index (χ1v) is 3.96. The maximum absolute atomic E-state index is 4.30. The van der Waals surface area contributed by atoms with Crippen LogP contribution in [0.3, 0.4) is 0 Å². The van der Waals surface area contributed by atoms with Gasteiger partial charge in [-0.3, -0.25) is 0 Å². The molecule has 0 aliphatic rings. The second-order valence-corrected chi connectivity index (χ2v) is 2.86. The molecule has 13 heavy (non-hydrogen) atoms. The molecule has 2 aromatic heterocycles. The quantitative estimate of drug-likeness (QED) is 0.580. The van der Waals surface area contributed by atoms with E-state index in [4.69, 9.17) is 0 Å². The summed E-state index contributed by atoms with van der Waals surface area (Å²) in [6.45, 7) is 7.52. The summed E-state index contributed by atoms with van der Waals surface area (Å²) < 4.78 is 3.22. The molecule has 5 heteroatoms. The Bertz CT molecular complexity index is 471. The molecule has 0 amide bonds. The fraction of sp³-hybridized carbons (Fsp3) is 0.250. The molecule has 66 valence electrons. The van der Waals surface area contributed by atoms with E-state index in [-0.39, 0.29) is 0 Å². The molecule has 0 bridgehead atoms. The summed E-state index contributed by atoms with van der Waals surface area (Å²) in [7, 11) is 0. The molecule has 2 heterocycles. The van der Waals surface area contributed by atoms with Gasteiger partial charge in [-0.2, -0.15) is 0 Å². The van der Waals surface area contributed by atoms with Crippen LogP contribution in [-0.2, 0) is 0 Å². The van der Waals surface area contributed by atoms with Crippen molar-refractivity contribution >= 4 is 12.0 Å². The minimum Gasteiger partial charge on any atom is -0.108 e. The number of aryl methyl sites for hydroxylation is 2. The lowest BCUT2D eigenvalue weighted by atomic mass is 10.4. The highest BCUT2D eigenvalue weighted by molar-refractivity contribution is 5.25. The van der Waals surface area contributed by atoms with Gasteiger partial charge in [-0.05, 0) is 13.8 Å². The Kier molecular flexibility index (Phi) is 1.58. The largest absolute Gasteiger partial charge is 0.412 e. The second-order valence-electron chi connectivity index (χ2n) is 2.86. The first kappa shape index (κ1) is 7.85. The molecule has 0 radical (unpaired) electrons. The summed E-state index contributed by atoms with van der Waals surface area (Å²) in [5.41, 5.74) is 1.96. The molecule has 0 N–H and O–H groups in total. The average Bonchev–Trinajstić information content (AvgIpc) is 2.47. The third kappa shape index (κ3) is 1.09. The van der Waals surface area contributed by atoms with E-state index in [1.54, 1.807) is 15.4 Å². The number of rotatable bonds is 1. The Morgan fingerprint density at radius 2 is 2.31 bits per heavy atom. The molecule has 0 saturated carbocycles. The van der Waals surface area contributed by atoms with Crippen molar-refractivity contribution in [1.82, 2.24) is 19.9 Å². The minimum atomic E-state index is 0.688. The first-order valence-electron chi connectivity index (χ1n) is 3.96. The van der Waals surface area contributed by atoms with Crippen molar-refractivity contribution < 1.29 is 4.68 Å². The van der Waals surface area contributed by atoms with Crippen molar-refractivity contribution in [2.24, 2.45) is 0 Å². The molecule has 0 atom stereocenters. The van der Waals surface area contributed by atoms with Gasteiger partial charge in [0, 0.05) is 6.07 Å². The van der Waals surface area contributed by atoms with Crippen molar-refractivity contribution in [2.45, 2.75) is 13.8 Å². The number of hydrogen-bond acceptors (Lipinski definition) is 3. The van der Waals surface area contributed by atoms with E-state index in [0.29, 0.717) is 5.78 Å². The number of nitrogens with zero attached hydrogens (tertiary/aromatic N) is 5. The molecule has 0 aromatic carbocycles. The smallest absolute Gasteiger partial charge is 0.108 e. The summed E-state index contributed by atoms with van der Waals surface area (Å²) in [6, 6.07) is 1.95. The maximum Gasteiger partial charge on any atom is 0.412 e. The second kappa shape index (κ2) is 2.62. The Morgan fingerprint density at radius 3 is 3.00 bits per heavy atom. The lowest BCUT2D eigenvalue weighted by molar-refractivity contribution is -0.611. The topological polar surface area (TPSA) is 47.0 Å². The van der Waals surface area contributed by atoms with Crippen molar-refractivity contribution in [2.75, 3.05) is 0 Å². The summed E-state index contributed by atoms with van der Waals surface area (Å²) in [4.78, 5) is 4.30. The number of tetrazole rings is 1. The van der Waals surface area contributed by atoms with E-state index in [1.807, 2.05) is 19.9 Å². The third-order valence-corrected chi connectivity index (χ3v) is 1.82. The van der Waals surface area contributed by atoms with Gasteiger partial charge in [0.1, 0.15) is 16.6 Å². The van der Waals surface area contributed by atoms with Crippen LogP contribution in [0.4, 0.5) is 0 Å². The Morgan fingerprint density at radius 1 is 1.54 bits per heavy atom. The van der Waals surface area contributed by atoms with Gasteiger partial charge in [-0.15, -0.1) is 9.67 Å². The zero-order valence-electron chi connectivity index (χ0n) is 7.60. The Labute approximate surface area is 75.3 Å². The van der Waals surface area contributed by atoms with Gasteiger partial charge in [-0.1, -0.05) is 11.1 Å². The molecular formula is C8H10N5+. The van der Waals surface area contributed by atoms with Crippen LogP contribution in [0.25, 0.3) is 12.0 Å². The lowest BCUT2D eigenvalue weighted by Crippen LogP contribution is -2.29. The van der Waals surface area contributed by atoms with Gasteiger partial charge in [0.2, 0.25) is 0 Å². The van der Waals surface area contributed by atoms with E-state index in [0.717, 1.165) is 11.4 Å². The van der Waals surface area contributed by atoms with E-state index in [1.165, 1.54) is 0 Å². The predicted molar refractivity (Wildman–Crippen MR) is 46.8 cm³/mol. The van der Waals surface area contributed by atoms with Gasteiger partial charge in [0.25, 0.3) is 0 Å². The number of hydrogen-bond donors (Lipinski definition) is 0. The molecule has 0 spiro atoms. The predicted octanol–water partition coefficient (Wildman–Crippen LogP) is 0.129. The molecule has 0 saturated heterocycles. The normalized spacial score (nSPS) is 10.6. The Balaban J connectivity index is 2.89. The average molecular weight is 176 g/mol. The summed E-state index contributed by atoms with van der Waals surface area (Å²) in [5, 5.41) is 7.79. The van der Waals surface area contributed by atoms with Crippen molar-refractivity contribution in [1.29, 1.82) is 0 Å². The molecule has 5 nitrogen and oxygen atoms in total. The lowest BCUT2D eigenvalue weighted by Gasteiger charge is -1.90. The van der Waals surface area contributed by atoms with Crippen LogP contribution in [0.5, 0.6) is 0 Å². The molecule has 0 unspecified atom stereocenters. The van der Waals surface area contributed by atoms with E-state index >= 15 is 0 Å². The fourth-order valence-electron chi connectivity index (χ4n) is 1.26. The zero-order valence-corrected chi connectivity index (χ0v) is 7.60. The van der Waals surface area contributed by atoms with Gasteiger partial charge in [0.05, 0.1) is 11.4 Å². The molecule has 2 rings (SSSR count). The van der Waals surface area contributed by atoms with Crippen LogP contribution in [0, 0.1) is 13.8 Å². The minimum absolute atomic E-state index is 0.688. The molecule has 0 aliphatic heterocycles. The zero-order chi connectivity index (χ0) is 9.42. The van der Waals surface area contributed by atoms with E-state index < -0.39 is 0 Å². The van der Waals surface area contributed by atoms with E-state index in [2.05, 4.69) is 22.0 Å².